The molecule has 6 atom stereocenters. The number of aliphatic hydroxyl groups is 4. The van der Waals surface area contributed by atoms with Gasteiger partial charge in [-0.05, 0) is 98.1 Å². The molecule has 9 heterocycles. The number of alkyl halides is 9. The van der Waals surface area contributed by atoms with E-state index in [0.717, 1.165) is 48.5 Å². The molecule has 0 bridgehead atoms. The second-order valence-electron chi connectivity index (χ2n) is 22.9. The summed E-state index contributed by atoms with van der Waals surface area (Å²) in [4.78, 5) is 23.2. The molecule has 550 valence electrons. The van der Waals surface area contributed by atoms with Gasteiger partial charge < -0.3 is 45.5 Å². The summed E-state index contributed by atoms with van der Waals surface area (Å²) in [6.45, 7) is 5.88. The van der Waals surface area contributed by atoms with Gasteiger partial charge in [0.05, 0.1) is 84.9 Å². The van der Waals surface area contributed by atoms with E-state index in [1.807, 2.05) is 0 Å². The van der Waals surface area contributed by atoms with Crippen molar-refractivity contribution in [1.82, 2.24) is 29.9 Å². The summed E-state index contributed by atoms with van der Waals surface area (Å²) in [6.07, 6.45) is -18.5. The molecule has 0 unspecified atom stereocenters. The van der Waals surface area contributed by atoms with Crippen molar-refractivity contribution >= 4 is 41.5 Å². The van der Waals surface area contributed by atoms with Gasteiger partial charge in [0, 0.05) is 28.8 Å². The van der Waals surface area contributed by atoms with Crippen molar-refractivity contribution in [2.75, 3.05) is 49.1 Å². The fraction of sp³-hybridized carbons (Fsp3) is 0.284. The maximum atomic E-state index is 13.6. The fourth-order valence-corrected chi connectivity index (χ4v) is 13.1. The Hall–Kier alpha value is -8.37. The van der Waals surface area contributed by atoms with Crippen LogP contribution in [0, 0.1) is 26.7 Å². The molecule has 0 aliphatic carbocycles. The van der Waals surface area contributed by atoms with E-state index in [9.17, 15) is 79.4 Å². The van der Waals surface area contributed by atoms with Gasteiger partial charge in [0.25, 0.3) is 20.0 Å². The van der Waals surface area contributed by atoms with Crippen molar-refractivity contribution in [2.45, 2.75) is 96.8 Å². The van der Waals surface area contributed by atoms with Gasteiger partial charge in [0.1, 0.15) is 36.1 Å². The van der Waals surface area contributed by atoms with Gasteiger partial charge in [-0.15, -0.1) is 0 Å². The number of halogens is 10. The van der Waals surface area contributed by atoms with Gasteiger partial charge in [-0.25, -0.2) is 23.4 Å². The number of hydrogen-bond acceptors (Lipinski definition) is 21. The van der Waals surface area contributed by atoms with Crippen LogP contribution in [0.3, 0.4) is 0 Å². The summed E-state index contributed by atoms with van der Waals surface area (Å²) in [6, 6.07) is 35.6. The minimum atomic E-state index is -4.69. The quantitative estimate of drug-likeness (QED) is 0.0315. The average Bonchev–Trinajstić information content (AvgIpc) is 1.33. The van der Waals surface area contributed by atoms with E-state index in [0.29, 0.717) is 16.7 Å². The zero-order valence-corrected chi connectivity index (χ0v) is 59.4. The molecule has 0 spiro atoms. The molecular formula is C67H63F10N8NaO15S3. The average molecular weight is 1530 g/mol. The molecule has 0 amide bonds. The minimum Gasteiger partial charge on any atom is -1.00 e. The van der Waals surface area contributed by atoms with Crippen molar-refractivity contribution in [3.05, 3.63) is 209 Å². The first-order valence-corrected chi connectivity index (χ1v) is 35.1. The Labute approximate surface area is 612 Å². The molecule has 3 aromatic carbocycles. The molecule has 0 radical (unpaired) electrons. The van der Waals surface area contributed by atoms with E-state index in [1.54, 1.807) is 75.4 Å². The number of nitrogens with zero attached hydrogens (tertiary/aromatic N) is 6. The first-order chi connectivity index (χ1) is 48.5. The number of sulfone groups is 1. The van der Waals surface area contributed by atoms with Crippen molar-refractivity contribution in [3.63, 3.8) is 0 Å². The summed E-state index contributed by atoms with van der Waals surface area (Å²) < 4.78 is 242. The Kier molecular flexibility index (Phi) is 26.8. The molecule has 6 aromatic heterocycles. The first kappa shape index (κ1) is 81.3. The number of aliphatic hydroxyl groups excluding tert-OH is 4. The second-order valence-corrected chi connectivity index (χ2v) is 28.1. The third-order valence-electron chi connectivity index (χ3n) is 15.2. The zero-order valence-electron chi connectivity index (χ0n) is 56.0. The van der Waals surface area contributed by atoms with Crippen LogP contribution in [0.4, 0.5) is 55.5 Å². The Morgan fingerprint density at radius 2 is 0.769 bits per heavy atom. The van der Waals surface area contributed by atoms with E-state index in [2.05, 4.69) is 44.1 Å². The minimum absolute atomic E-state index is 0. The maximum Gasteiger partial charge on any atom is 1.00 e. The Bertz CT molecular complexity index is 4650. The number of aromatic nitrogens is 6. The standard InChI is InChI=1S/2C22H20F3N3O5S.C19H14F4N2O2S.C4H8O3.Na.H/c2*1-13-5-2-3-6-14(13)21-15(22(23,24)25)9-10-18(26-21)28-34(30,31)20-8-4-7-19(27-20)33-17-12-32-11-16(17)29;1-12-5-2-3-6-14(12)18-15(19(21,22)23)10-9-13(24-18)11-28(26,27)17-8-4-7-16(20)25-17;5-3-1-7-2-4(3)6;;/h2*2-10,16-17,29H,11-12H2,1H3,(H,26,28);2-10H,11H2,1H3;3-6H,1-2H2;;/q;;;;+1;-1/t2*16-,17+;;3-,4+;;/m10..../s1. The van der Waals surface area contributed by atoms with Gasteiger partial charge in [0.15, 0.2) is 27.3 Å². The molecule has 3 aliphatic heterocycles. The van der Waals surface area contributed by atoms with Gasteiger partial charge in [-0.3, -0.25) is 14.4 Å². The van der Waals surface area contributed by atoms with Crippen LogP contribution >= 0.6 is 0 Å². The van der Waals surface area contributed by atoms with Gasteiger partial charge in [0.2, 0.25) is 27.5 Å². The van der Waals surface area contributed by atoms with Crippen LogP contribution in [-0.4, -0.2) is 152 Å². The van der Waals surface area contributed by atoms with Crippen LogP contribution < -0.4 is 48.5 Å². The van der Waals surface area contributed by atoms with E-state index in [1.165, 1.54) is 60.7 Å². The summed E-state index contributed by atoms with van der Waals surface area (Å²) in [5.74, 6) is -2.41. The maximum absolute atomic E-state index is 13.6. The molecule has 3 fully saturated rings. The van der Waals surface area contributed by atoms with E-state index in [4.69, 9.17) is 29.2 Å². The largest absolute Gasteiger partial charge is 1.00 e. The molecule has 9 aromatic rings. The molecule has 37 heteroatoms. The summed E-state index contributed by atoms with van der Waals surface area (Å²) in [5.41, 5.74) is -1.85. The normalized spacial score (nSPS) is 18.3. The van der Waals surface area contributed by atoms with Crippen molar-refractivity contribution < 1.29 is 144 Å². The monoisotopic (exact) mass is 1530 g/mol. The molecule has 12 rings (SSSR count). The Morgan fingerprint density at radius 3 is 1.12 bits per heavy atom. The smallest absolute Gasteiger partial charge is 1.00 e. The molecule has 23 nitrogen and oxygen atoms in total. The topological polar surface area (TPSA) is 331 Å². The van der Waals surface area contributed by atoms with Crippen LogP contribution in [0.2, 0.25) is 0 Å². The van der Waals surface area contributed by atoms with Crippen LogP contribution in [0.15, 0.2) is 179 Å². The molecule has 6 N–H and O–H groups in total. The molecular weight excluding hydrogens is 1470 g/mol. The molecule has 3 saturated heterocycles. The first-order valence-electron chi connectivity index (χ1n) is 30.5. The molecule has 104 heavy (non-hydrogen) atoms. The number of aryl methyl sites for hydroxylation is 3. The number of anilines is 2. The number of benzene rings is 3. The summed E-state index contributed by atoms with van der Waals surface area (Å²) >= 11 is 0. The van der Waals surface area contributed by atoms with Crippen molar-refractivity contribution in [3.8, 4) is 45.5 Å². The van der Waals surface area contributed by atoms with Crippen molar-refractivity contribution in [1.29, 1.82) is 0 Å². The summed E-state index contributed by atoms with van der Waals surface area (Å²) in [7, 11) is -12.7. The third-order valence-corrected chi connectivity index (χ3v) is 19.2. The number of sulfonamides is 2. The predicted octanol–water partition coefficient (Wildman–Crippen LogP) is 7.26. The van der Waals surface area contributed by atoms with Crippen LogP contribution in [0.25, 0.3) is 33.8 Å². The fourth-order valence-electron chi connectivity index (χ4n) is 9.98. The van der Waals surface area contributed by atoms with Gasteiger partial charge in [-0.2, -0.15) is 70.7 Å². The molecule has 3 aliphatic rings. The predicted molar refractivity (Wildman–Crippen MR) is 350 cm³/mol. The number of ether oxygens (including phenoxy) is 5. The van der Waals surface area contributed by atoms with Crippen molar-refractivity contribution in [2.24, 2.45) is 0 Å². The summed E-state index contributed by atoms with van der Waals surface area (Å²) in [5, 5.41) is 35.5. The van der Waals surface area contributed by atoms with E-state index in [-0.39, 0.29) is 122 Å². The van der Waals surface area contributed by atoms with Gasteiger partial charge >= 0.3 is 48.1 Å². The van der Waals surface area contributed by atoms with Crippen LogP contribution in [-0.2, 0) is 68.4 Å². The SMILES string of the molecule is Cc1ccccc1-c1nc(CS(=O)(=O)c2cccc(F)n2)ccc1C(F)(F)F.Cc1ccccc1-c1nc(NS(=O)(=O)c2cccc(O[C@@H]3COC[C@@H]3O)n2)ccc1C(F)(F)F.Cc1ccccc1-c1nc(NS(=O)(=O)c2cccc(O[C@H]3COC[C@H]3O)n2)ccc1C(F)(F)F.O[C@@H]1COC[C@@H]1O.[H-].[Na+]. The number of pyridine rings is 6. The van der Waals surface area contributed by atoms with E-state index >= 15 is 0 Å². The third kappa shape index (κ3) is 21.2. The van der Waals surface area contributed by atoms with Crippen LogP contribution in [0.5, 0.6) is 11.8 Å². The second kappa shape index (κ2) is 34.3. The number of rotatable bonds is 16. The molecule has 0 saturated carbocycles. The zero-order chi connectivity index (χ0) is 74.8. The van der Waals surface area contributed by atoms with Crippen LogP contribution in [0.1, 0.15) is 40.5 Å². The number of hydrogen-bond donors (Lipinski definition) is 6. The van der Waals surface area contributed by atoms with E-state index < -0.39 is 140 Å². The Balaban J connectivity index is 0.000000209. The van der Waals surface area contributed by atoms with Gasteiger partial charge in [-0.1, -0.05) is 91.0 Å². The number of nitrogens with one attached hydrogen (secondary N) is 2. The Morgan fingerprint density at radius 1 is 0.423 bits per heavy atom.